The molecule has 0 saturated heterocycles. The van der Waals surface area contributed by atoms with Crippen molar-refractivity contribution in [1.29, 1.82) is 0 Å². The first-order valence-electron chi connectivity index (χ1n) is 11.6. The van der Waals surface area contributed by atoms with Crippen LogP contribution in [0.1, 0.15) is 43.7 Å². The van der Waals surface area contributed by atoms with Crippen molar-refractivity contribution in [3.63, 3.8) is 0 Å². The van der Waals surface area contributed by atoms with Gasteiger partial charge in [0.1, 0.15) is 0 Å². The summed E-state index contributed by atoms with van der Waals surface area (Å²) in [5.74, 6) is 0.805. The van der Waals surface area contributed by atoms with Crippen LogP contribution in [0.4, 0.5) is 11.6 Å². The monoisotopic (exact) mass is 516 g/mol. The molecule has 2 atom stereocenters. The molecule has 32 heavy (non-hydrogen) atoms. The van der Waals surface area contributed by atoms with Gasteiger partial charge in [0, 0.05) is 0 Å². The number of nitrogens with zero attached hydrogens (tertiary/aromatic N) is 3. The predicted molar refractivity (Wildman–Crippen MR) is 131 cm³/mol. The normalized spacial score (nSPS) is 21.8. The SMILES string of the molecule is CCN1CCc2ccc(Nc3ncc(Cl)c([As]C4CCCCC4C(=O)NC)n3)cc2CC1. The van der Waals surface area contributed by atoms with Crippen LogP contribution in [0, 0.1) is 5.92 Å². The Bertz CT molecular complexity index is 956. The summed E-state index contributed by atoms with van der Waals surface area (Å²) in [7, 11) is 1.73. The Labute approximate surface area is 202 Å². The molecule has 1 radical (unpaired) electrons. The van der Waals surface area contributed by atoms with Gasteiger partial charge in [-0.15, -0.1) is 0 Å². The van der Waals surface area contributed by atoms with E-state index >= 15 is 0 Å². The van der Waals surface area contributed by atoms with Crippen LogP contribution in [0.25, 0.3) is 0 Å². The van der Waals surface area contributed by atoms with Gasteiger partial charge in [-0.25, -0.2) is 0 Å². The quantitative estimate of drug-likeness (QED) is 0.576. The zero-order valence-corrected chi connectivity index (χ0v) is 21.5. The number of carbonyl (C=O) groups excluding carboxylic acids is 1. The number of carbonyl (C=O) groups is 1. The second kappa shape index (κ2) is 11.0. The van der Waals surface area contributed by atoms with Crippen LogP contribution in [-0.4, -0.2) is 63.2 Å². The number of aromatic nitrogens is 2. The van der Waals surface area contributed by atoms with E-state index in [0.717, 1.165) is 61.9 Å². The van der Waals surface area contributed by atoms with Crippen molar-refractivity contribution < 1.29 is 4.79 Å². The van der Waals surface area contributed by atoms with E-state index in [1.807, 2.05) is 0 Å². The molecule has 4 rings (SSSR count). The van der Waals surface area contributed by atoms with Crippen molar-refractivity contribution in [3.05, 3.63) is 40.5 Å². The van der Waals surface area contributed by atoms with Gasteiger partial charge in [0.05, 0.1) is 0 Å². The molecule has 1 amide bonds. The van der Waals surface area contributed by atoms with Gasteiger partial charge >= 0.3 is 203 Å². The molecule has 1 aliphatic carbocycles. The molecule has 2 N–H and O–H groups in total. The van der Waals surface area contributed by atoms with Gasteiger partial charge in [-0.3, -0.25) is 0 Å². The molecule has 1 aromatic carbocycles. The Kier molecular flexibility index (Phi) is 8.09. The van der Waals surface area contributed by atoms with Gasteiger partial charge in [-0.05, 0) is 0 Å². The van der Waals surface area contributed by atoms with Crippen molar-refractivity contribution in [2.75, 3.05) is 32.0 Å². The second-order valence-electron chi connectivity index (χ2n) is 8.61. The molecule has 1 aliphatic heterocycles. The maximum atomic E-state index is 12.4. The van der Waals surface area contributed by atoms with Crippen molar-refractivity contribution in [2.24, 2.45) is 5.92 Å². The van der Waals surface area contributed by atoms with E-state index in [0.29, 0.717) is 15.7 Å². The van der Waals surface area contributed by atoms with Gasteiger partial charge in [0.2, 0.25) is 0 Å². The van der Waals surface area contributed by atoms with Crippen molar-refractivity contribution >= 4 is 49.4 Å². The molecule has 8 heteroatoms. The molecule has 2 aromatic rings. The van der Waals surface area contributed by atoms with Crippen molar-refractivity contribution in [2.45, 2.75) is 50.2 Å². The number of fused-ring (bicyclic) bond motifs is 1. The van der Waals surface area contributed by atoms with Crippen LogP contribution in [0.3, 0.4) is 0 Å². The topological polar surface area (TPSA) is 70.2 Å². The summed E-state index contributed by atoms with van der Waals surface area (Å²) in [6, 6.07) is 6.59. The summed E-state index contributed by atoms with van der Waals surface area (Å²) in [4.78, 5) is 24.1. The number of likely N-dealkylation sites (N-methyl/N-ethyl adjacent to an activating group) is 1. The van der Waals surface area contributed by atoms with Crippen LogP contribution in [0.15, 0.2) is 24.4 Å². The van der Waals surface area contributed by atoms with Crippen LogP contribution >= 0.6 is 11.6 Å². The molecule has 2 heterocycles. The first-order valence-corrected chi connectivity index (χ1v) is 14.0. The van der Waals surface area contributed by atoms with Gasteiger partial charge in [0.15, 0.2) is 0 Å². The van der Waals surface area contributed by atoms with E-state index in [9.17, 15) is 4.79 Å². The third-order valence-corrected chi connectivity index (χ3v) is 10.4. The number of hydrogen-bond donors (Lipinski definition) is 2. The van der Waals surface area contributed by atoms with Crippen molar-refractivity contribution in [1.82, 2.24) is 20.2 Å². The fraction of sp³-hybridized carbons (Fsp3) is 0.542. The molecule has 0 spiro atoms. The molecular weight excluding hydrogens is 485 g/mol. The Morgan fingerprint density at radius 1 is 1.22 bits per heavy atom. The number of anilines is 2. The molecule has 6 nitrogen and oxygen atoms in total. The number of nitrogens with one attached hydrogen (secondary N) is 2. The molecule has 1 aromatic heterocycles. The van der Waals surface area contributed by atoms with E-state index in [1.54, 1.807) is 13.2 Å². The standard InChI is InChI=1S/C24H32AsClN5O/c1-3-31-12-10-16-8-9-18(14-17(16)11-13-31)29-24-28-15-21(26)22(30-24)25-20-7-5-4-6-19(20)23(32)27-2/h8-9,14-15,19-20H,3-7,10-13H2,1-2H3,(H,27,32)(H,28,29,30). The number of benzene rings is 1. The van der Waals surface area contributed by atoms with Crippen LogP contribution < -0.4 is 15.1 Å². The summed E-state index contributed by atoms with van der Waals surface area (Å²) in [5, 5.41) is 6.84. The number of rotatable bonds is 6. The number of hydrogen-bond acceptors (Lipinski definition) is 5. The fourth-order valence-corrected chi connectivity index (χ4v) is 8.05. The van der Waals surface area contributed by atoms with Gasteiger partial charge in [-0.2, -0.15) is 0 Å². The van der Waals surface area contributed by atoms with Gasteiger partial charge in [0.25, 0.3) is 0 Å². The minimum absolute atomic E-state index is 0.0726. The number of halogens is 1. The van der Waals surface area contributed by atoms with E-state index in [1.165, 1.54) is 17.5 Å². The van der Waals surface area contributed by atoms with Gasteiger partial charge < -0.3 is 0 Å². The molecule has 1 saturated carbocycles. The van der Waals surface area contributed by atoms with Gasteiger partial charge in [-0.1, -0.05) is 0 Å². The van der Waals surface area contributed by atoms with Crippen LogP contribution in [0.5, 0.6) is 0 Å². The average molecular weight is 517 g/mol. The average Bonchev–Trinajstić information content (AvgIpc) is 3.03. The van der Waals surface area contributed by atoms with Crippen LogP contribution in [-0.2, 0) is 17.6 Å². The maximum absolute atomic E-state index is 12.4. The zero-order chi connectivity index (χ0) is 22.5. The Hall–Kier alpha value is -1.62. The summed E-state index contributed by atoms with van der Waals surface area (Å²) in [6.07, 6.45) is 8.18. The Morgan fingerprint density at radius 3 is 2.78 bits per heavy atom. The predicted octanol–water partition coefficient (Wildman–Crippen LogP) is 3.35. The zero-order valence-electron chi connectivity index (χ0n) is 18.9. The van der Waals surface area contributed by atoms with Crippen LogP contribution in [0.2, 0.25) is 9.73 Å². The second-order valence-corrected chi connectivity index (χ2v) is 11.8. The fourth-order valence-electron chi connectivity index (χ4n) is 4.72. The molecule has 0 bridgehead atoms. The Morgan fingerprint density at radius 2 is 2.00 bits per heavy atom. The number of amides is 1. The van der Waals surface area contributed by atoms with E-state index in [2.05, 4.69) is 45.6 Å². The summed E-state index contributed by atoms with van der Waals surface area (Å²) >= 11 is 6.16. The molecular formula is C24H32AsClN5O. The molecule has 1 fully saturated rings. The molecule has 2 unspecified atom stereocenters. The van der Waals surface area contributed by atoms with Crippen molar-refractivity contribution in [3.8, 4) is 0 Å². The minimum atomic E-state index is -0.321. The Balaban J connectivity index is 1.48. The van der Waals surface area contributed by atoms with E-state index in [4.69, 9.17) is 16.6 Å². The third-order valence-electron chi connectivity index (χ3n) is 6.63. The van der Waals surface area contributed by atoms with E-state index < -0.39 is 0 Å². The third kappa shape index (κ3) is 5.65. The summed E-state index contributed by atoms with van der Waals surface area (Å²) in [5.41, 5.74) is 3.85. The summed E-state index contributed by atoms with van der Waals surface area (Å²) in [6.45, 7) is 5.56. The first-order chi connectivity index (χ1) is 15.6. The summed E-state index contributed by atoms with van der Waals surface area (Å²) < 4.78 is 1.27. The first kappa shape index (κ1) is 23.5. The molecule has 171 valence electrons. The molecule has 2 aliphatic rings. The van der Waals surface area contributed by atoms with E-state index in [-0.39, 0.29) is 27.6 Å².